The lowest BCUT2D eigenvalue weighted by Gasteiger charge is -2.23. The molecule has 0 saturated carbocycles. The average molecular weight is 187 g/mol. The number of hydrogen-bond donors (Lipinski definition) is 0. The summed E-state index contributed by atoms with van der Waals surface area (Å²) in [5.74, 6) is 0.822. The molecule has 0 bridgehead atoms. The van der Waals surface area contributed by atoms with Crippen LogP contribution in [-0.2, 0) is 4.74 Å². The van der Waals surface area contributed by atoms with Crippen molar-refractivity contribution in [2.75, 3.05) is 33.4 Å². The van der Waals surface area contributed by atoms with E-state index in [2.05, 4.69) is 25.7 Å². The van der Waals surface area contributed by atoms with Crippen molar-refractivity contribution in [3.05, 3.63) is 0 Å². The molecule has 0 amide bonds. The molecule has 2 nitrogen and oxygen atoms in total. The summed E-state index contributed by atoms with van der Waals surface area (Å²) in [7, 11) is 1.77. The molecule has 0 saturated heterocycles. The summed E-state index contributed by atoms with van der Waals surface area (Å²) in [6, 6.07) is 0. The van der Waals surface area contributed by atoms with Gasteiger partial charge in [0.25, 0.3) is 0 Å². The second-order valence-corrected chi connectivity index (χ2v) is 3.75. The Morgan fingerprint density at radius 1 is 1.31 bits per heavy atom. The highest BCUT2D eigenvalue weighted by atomic mass is 16.5. The fraction of sp³-hybridized carbons (Fsp3) is 1.00. The minimum absolute atomic E-state index is 0.822. The first-order valence-corrected chi connectivity index (χ1v) is 5.45. The number of nitrogens with zero attached hydrogens (tertiary/aromatic N) is 1. The van der Waals surface area contributed by atoms with Crippen LogP contribution in [0.4, 0.5) is 0 Å². The Morgan fingerprint density at radius 2 is 2.00 bits per heavy atom. The highest BCUT2D eigenvalue weighted by Crippen LogP contribution is 2.04. The van der Waals surface area contributed by atoms with Crippen molar-refractivity contribution < 1.29 is 4.74 Å². The van der Waals surface area contributed by atoms with Gasteiger partial charge in [0, 0.05) is 26.8 Å². The lowest BCUT2D eigenvalue weighted by atomic mass is 10.1. The van der Waals surface area contributed by atoms with Gasteiger partial charge >= 0.3 is 0 Å². The van der Waals surface area contributed by atoms with E-state index in [1.807, 2.05) is 0 Å². The van der Waals surface area contributed by atoms with E-state index in [0.717, 1.165) is 25.5 Å². The van der Waals surface area contributed by atoms with Gasteiger partial charge in [0.1, 0.15) is 0 Å². The van der Waals surface area contributed by atoms with Crippen LogP contribution in [0, 0.1) is 5.92 Å². The van der Waals surface area contributed by atoms with Crippen molar-refractivity contribution in [2.24, 2.45) is 5.92 Å². The standard InChI is InChI=1S/C11H25NO/c1-5-11(3)10-12(6-2)8-7-9-13-4/h11H,5-10H2,1-4H3. The van der Waals surface area contributed by atoms with Gasteiger partial charge in [0.2, 0.25) is 0 Å². The molecule has 0 spiro atoms. The van der Waals surface area contributed by atoms with E-state index in [1.165, 1.54) is 19.5 Å². The Balaban J connectivity index is 3.50. The van der Waals surface area contributed by atoms with Gasteiger partial charge in [0.05, 0.1) is 0 Å². The van der Waals surface area contributed by atoms with Gasteiger partial charge in [0.15, 0.2) is 0 Å². The maximum absolute atomic E-state index is 5.04. The monoisotopic (exact) mass is 187 g/mol. The number of hydrogen-bond acceptors (Lipinski definition) is 2. The molecule has 0 N–H and O–H groups in total. The van der Waals surface area contributed by atoms with Crippen molar-refractivity contribution in [3.8, 4) is 0 Å². The van der Waals surface area contributed by atoms with Crippen LogP contribution in [0.2, 0.25) is 0 Å². The van der Waals surface area contributed by atoms with Crippen molar-refractivity contribution >= 4 is 0 Å². The maximum atomic E-state index is 5.04. The van der Waals surface area contributed by atoms with E-state index in [4.69, 9.17) is 4.74 Å². The Kier molecular flexibility index (Phi) is 8.46. The van der Waals surface area contributed by atoms with Gasteiger partial charge in [-0.15, -0.1) is 0 Å². The van der Waals surface area contributed by atoms with Gasteiger partial charge in [-0.3, -0.25) is 0 Å². The van der Waals surface area contributed by atoms with E-state index in [0.29, 0.717) is 0 Å². The molecule has 0 heterocycles. The van der Waals surface area contributed by atoms with Gasteiger partial charge in [-0.05, 0) is 18.9 Å². The minimum Gasteiger partial charge on any atom is -0.385 e. The molecule has 1 atom stereocenters. The fourth-order valence-electron chi connectivity index (χ4n) is 1.38. The second kappa shape index (κ2) is 8.52. The zero-order chi connectivity index (χ0) is 10.1. The lowest BCUT2D eigenvalue weighted by molar-refractivity contribution is 0.167. The van der Waals surface area contributed by atoms with Crippen molar-refractivity contribution in [2.45, 2.75) is 33.6 Å². The summed E-state index contributed by atoms with van der Waals surface area (Å²) in [5, 5.41) is 0. The van der Waals surface area contributed by atoms with Crippen molar-refractivity contribution in [1.82, 2.24) is 4.90 Å². The summed E-state index contributed by atoms with van der Waals surface area (Å²) in [6.45, 7) is 11.3. The molecular weight excluding hydrogens is 162 g/mol. The smallest absolute Gasteiger partial charge is 0.0474 e. The first-order valence-electron chi connectivity index (χ1n) is 5.45. The summed E-state index contributed by atoms with van der Waals surface area (Å²) < 4.78 is 5.04. The maximum Gasteiger partial charge on any atom is 0.0474 e. The normalized spacial score (nSPS) is 13.6. The molecule has 0 fully saturated rings. The van der Waals surface area contributed by atoms with E-state index < -0.39 is 0 Å². The van der Waals surface area contributed by atoms with Gasteiger partial charge < -0.3 is 9.64 Å². The predicted octanol–water partition coefficient (Wildman–Crippen LogP) is 2.39. The van der Waals surface area contributed by atoms with E-state index in [-0.39, 0.29) is 0 Å². The van der Waals surface area contributed by atoms with Crippen molar-refractivity contribution in [1.29, 1.82) is 0 Å². The van der Waals surface area contributed by atoms with Gasteiger partial charge in [-0.2, -0.15) is 0 Å². The molecule has 0 rings (SSSR count). The van der Waals surface area contributed by atoms with Crippen LogP contribution in [0.15, 0.2) is 0 Å². The Hall–Kier alpha value is -0.0800. The largest absolute Gasteiger partial charge is 0.385 e. The third-order valence-electron chi connectivity index (χ3n) is 2.54. The zero-order valence-corrected chi connectivity index (χ0v) is 9.68. The first-order chi connectivity index (χ1) is 6.24. The minimum atomic E-state index is 0.822. The quantitative estimate of drug-likeness (QED) is 0.541. The Labute approximate surface area is 83.3 Å². The molecule has 0 aliphatic rings. The van der Waals surface area contributed by atoms with Crippen LogP contribution in [0.25, 0.3) is 0 Å². The fourth-order valence-corrected chi connectivity index (χ4v) is 1.38. The van der Waals surface area contributed by atoms with Crippen LogP contribution in [0.1, 0.15) is 33.6 Å². The second-order valence-electron chi connectivity index (χ2n) is 3.75. The summed E-state index contributed by atoms with van der Waals surface area (Å²) in [4.78, 5) is 2.51. The summed E-state index contributed by atoms with van der Waals surface area (Å²) >= 11 is 0. The van der Waals surface area contributed by atoms with Crippen LogP contribution >= 0.6 is 0 Å². The molecule has 0 aromatic carbocycles. The first kappa shape index (κ1) is 12.9. The molecule has 0 aliphatic carbocycles. The molecular formula is C11H25NO. The average Bonchev–Trinajstić information content (AvgIpc) is 2.16. The number of rotatable bonds is 8. The third-order valence-corrected chi connectivity index (χ3v) is 2.54. The molecule has 0 aromatic rings. The van der Waals surface area contributed by atoms with Crippen LogP contribution < -0.4 is 0 Å². The number of methoxy groups -OCH3 is 1. The van der Waals surface area contributed by atoms with E-state index in [1.54, 1.807) is 7.11 Å². The van der Waals surface area contributed by atoms with Gasteiger partial charge in [-0.1, -0.05) is 27.2 Å². The van der Waals surface area contributed by atoms with E-state index in [9.17, 15) is 0 Å². The molecule has 80 valence electrons. The lowest BCUT2D eigenvalue weighted by Crippen LogP contribution is -2.29. The molecule has 2 heteroatoms. The molecule has 0 aromatic heterocycles. The molecule has 13 heavy (non-hydrogen) atoms. The van der Waals surface area contributed by atoms with Crippen LogP contribution in [0.5, 0.6) is 0 Å². The molecule has 0 radical (unpaired) electrons. The predicted molar refractivity (Wildman–Crippen MR) is 58.1 cm³/mol. The van der Waals surface area contributed by atoms with Gasteiger partial charge in [-0.25, -0.2) is 0 Å². The van der Waals surface area contributed by atoms with Crippen LogP contribution in [-0.4, -0.2) is 38.3 Å². The van der Waals surface area contributed by atoms with Crippen molar-refractivity contribution in [3.63, 3.8) is 0 Å². The zero-order valence-electron chi connectivity index (χ0n) is 9.68. The third kappa shape index (κ3) is 7.03. The molecule has 1 unspecified atom stereocenters. The van der Waals surface area contributed by atoms with E-state index >= 15 is 0 Å². The SMILES string of the molecule is CCC(C)CN(CC)CCCOC. The topological polar surface area (TPSA) is 12.5 Å². The Bertz CT molecular complexity index is 106. The highest BCUT2D eigenvalue weighted by molar-refractivity contribution is 4.60. The Morgan fingerprint density at radius 3 is 2.46 bits per heavy atom. The molecule has 0 aliphatic heterocycles. The summed E-state index contributed by atoms with van der Waals surface area (Å²) in [6.07, 6.45) is 2.43. The summed E-state index contributed by atoms with van der Waals surface area (Å²) in [5.41, 5.74) is 0. The number of ether oxygens (including phenoxy) is 1. The van der Waals surface area contributed by atoms with Crippen LogP contribution in [0.3, 0.4) is 0 Å². The highest BCUT2D eigenvalue weighted by Gasteiger charge is 2.05.